The molecule has 4 saturated heterocycles. The number of carbonyl (C=O) groups excluding carboxylic acids is 3. The van der Waals surface area contributed by atoms with Crippen LogP contribution in [0.5, 0.6) is 17.2 Å². The molecule has 0 spiro atoms. The van der Waals surface area contributed by atoms with E-state index in [0.717, 1.165) is 54.7 Å². The number of fused-ring (bicyclic) bond motifs is 4. The van der Waals surface area contributed by atoms with Gasteiger partial charge in [-0.25, -0.2) is 0 Å². The summed E-state index contributed by atoms with van der Waals surface area (Å²) in [6.07, 6.45) is 3.02. The van der Waals surface area contributed by atoms with Crippen molar-refractivity contribution < 1.29 is 34.1 Å². The number of phenols is 1. The van der Waals surface area contributed by atoms with Gasteiger partial charge in [0.15, 0.2) is 0 Å². The van der Waals surface area contributed by atoms with Gasteiger partial charge in [0.05, 0.1) is 39.9 Å². The number of pyridine rings is 1. The van der Waals surface area contributed by atoms with E-state index < -0.39 is 11.5 Å². The van der Waals surface area contributed by atoms with Crippen molar-refractivity contribution in [1.82, 2.24) is 25.0 Å². The Labute approximate surface area is 423 Å². The highest BCUT2D eigenvalue weighted by molar-refractivity contribution is 6.42. The molecule has 5 aromatic carbocycles. The van der Waals surface area contributed by atoms with E-state index >= 15 is 0 Å². The molecule has 2 amide bonds. The van der Waals surface area contributed by atoms with Crippen molar-refractivity contribution in [3.05, 3.63) is 170 Å². The molecule has 0 aliphatic carbocycles. The molecule has 370 valence electrons. The molecule has 0 radical (unpaired) electrons. The van der Waals surface area contributed by atoms with Crippen molar-refractivity contribution in [2.75, 3.05) is 52.4 Å². The van der Waals surface area contributed by atoms with Gasteiger partial charge >= 0.3 is 5.97 Å². The molecule has 10 rings (SSSR count). The molecule has 4 N–H and O–H groups in total. The average molecular weight is 1000 g/mol. The van der Waals surface area contributed by atoms with Crippen LogP contribution in [-0.2, 0) is 43.9 Å². The third kappa shape index (κ3) is 11.9. The zero-order chi connectivity index (χ0) is 49.5. The Balaban J connectivity index is 0.817. The molecule has 5 heterocycles. The van der Waals surface area contributed by atoms with Gasteiger partial charge in [0.2, 0.25) is 17.4 Å². The number of carbonyl (C=O) groups is 3. The minimum Gasteiger partial charge on any atom is -0.506 e. The third-order valence-corrected chi connectivity index (χ3v) is 15.2. The number of esters is 1. The average Bonchev–Trinajstić information content (AvgIpc) is 3.38. The molecule has 2 atom stereocenters. The number of phenolic OH excluding ortho intramolecular Hbond substituents is 1. The first kappa shape index (κ1) is 49.7. The van der Waals surface area contributed by atoms with Crippen molar-refractivity contribution in [2.24, 2.45) is 5.92 Å². The van der Waals surface area contributed by atoms with Crippen LogP contribution in [0, 0.1) is 5.92 Å². The van der Waals surface area contributed by atoms with Gasteiger partial charge in [-0.3, -0.25) is 24.1 Å². The fraction of sp³-hybridized carbons (Fsp3) is 0.357. The van der Waals surface area contributed by atoms with Crippen molar-refractivity contribution >= 4 is 51.9 Å². The lowest BCUT2D eigenvalue weighted by molar-refractivity contribution is -0.168. The van der Waals surface area contributed by atoms with E-state index in [9.17, 15) is 29.4 Å². The molecular weight excluding hydrogens is 942 g/mol. The standard InChI is InChI=1S/C56H59Cl2N5O8/c57-46-17-14-43(33-47(46)58)70-42-9-4-6-39(30-42)35-63(25-5-24-59-34-49(65)44-15-18-48(64)54-45(44)16-19-51(66)60-54)53(68)32-38-12-10-37(11-13-38)31-52(67)62-28-22-56(23-29-62,41-7-2-1-3-8-41)55(69)71-50-36-61-26-20-40(50)21-27-61/h1-4,6-19,30,33,40,49-50,59,64-65H,5,20-29,31-32,34-36H2,(H,60,66)/t49-,50-/m0/s1. The zero-order valence-corrected chi connectivity index (χ0v) is 41.0. The van der Waals surface area contributed by atoms with Gasteiger partial charge in [0.25, 0.3) is 0 Å². The highest BCUT2D eigenvalue weighted by atomic mass is 35.5. The van der Waals surface area contributed by atoms with E-state index in [0.29, 0.717) is 90.4 Å². The lowest BCUT2D eigenvalue weighted by Crippen LogP contribution is -2.55. The number of nitrogens with one attached hydrogen (secondary N) is 2. The third-order valence-electron chi connectivity index (χ3n) is 14.4. The second-order valence-electron chi connectivity index (χ2n) is 19.1. The Kier molecular flexibility index (Phi) is 15.7. The number of benzene rings is 5. The second kappa shape index (κ2) is 22.5. The monoisotopic (exact) mass is 999 g/mol. The van der Waals surface area contributed by atoms with Crippen LogP contribution in [0.4, 0.5) is 0 Å². The fourth-order valence-corrected chi connectivity index (χ4v) is 10.6. The lowest BCUT2D eigenvalue weighted by atomic mass is 9.72. The Morgan fingerprint density at radius 2 is 1.54 bits per heavy atom. The Hall–Kier alpha value is -6.22. The number of amides is 2. The number of aliphatic hydroxyl groups is 1. The molecule has 4 aliphatic heterocycles. The van der Waals surface area contributed by atoms with Gasteiger partial charge in [-0.2, -0.15) is 0 Å². The molecule has 0 unspecified atom stereocenters. The topological polar surface area (TPSA) is 165 Å². The van der Waals surface area contributed by atoms with Crippen LogP contribution in [0.3, 0.4) is 0 Å². The van der Waals surface area contributed by atoms with Crippen molar-refractivity contribution in [3.63, 3.8) is 0 Å². The van der Waals surface area contributed by atoms with Gasteiger partial charge < -0.3 is 39.8 Å². The highest BCUT2D eigenvalue weighted by Gasteiger charge is 2.47. The number of aromatic nitrogens is 1. The second-order valence-corrected chi connectivity index (χ2v) is 19.9. The molecule has 15 heteroatoms. The van der Waals surface area contributed by atoms with Gasteiger partial charge in [0.1, 0.15) is 23.4 Å². The number of aromatic hydroxyl groups is 1. The molecular formula is C56H59Cl2N5O8. The zero-order valence-electron chi connectivity index (χ0n) is 39.5. The van der Waals surface area contributed by atoms with E-state index in [4.69, 9.17) is 32.7 Å². The number of hydrogen-bond acceptors (Lipinski definition) is 10. The first-order chi connectivity index (χ1) is 34.4. The van der Waals surface area contributed by atoms with E-state index in [-0.39, 0.29) is 60.1 Å². The summed E-state index contributed by atoms with van der Waals surface area (Å²) in [5.74, 6) is 1.16. The maximum atomic E-state index is 14.2. The van der Waals surface area contributed by atoms with E-state index in [1.54, 1.807) is 35.2 Å². The van der Waals surface area contributed by atoms with Crippen LogP contribution < -0.4 is 15.6 Å². The largest absolute Gasteiger partial charge is 0.506 e. The normalized spacial score (nSPS) is 18.7. The summed E-state index contributed by atoms with van der Waals surface area (Å²) in [5, 5.41) is 26.0. The molecule has 1 aromatic heterocycles. The summed E-state index contributed by atoms with van der Waals surface area (Å²) in [6, 6.07) is 36.1. The number of rotatable bonds is 18. The predicted molar refractivity (Wildman–Crippen MR) is 274 cm³/mol. The Morgan fingerprint density at radius 3 is 2.25 bits per heavy atom. The molecule has 2 bridgehead atoms. The summed E-state index contributed by atoms with van der Waals surface area (Å²) >= 11 is 12.4. The van der Waals surface area contributed by atoms with Crippen LogP contribution in [0.15, 0.2) is 126 Å². The number of aliphatic hydroxyl groups excluding tert-OH is 1. The number of halogens is 2. The van der Waals surface area contributed by atoms with Gasteiger partial charge in [0, 0.05) is 56.8 Å². The van der Waals surface area contributed by atoms with Gasteiger partial charge in [-0.15, -0.1) is 0 Å². The van der Waals surface area contributed by atoms with E-state index in [2.05, 4.69) is 15.2 Å². The van der Waals surface area contributed by atoms with Crippen LogP contribution in [-0.4, -0.2) is 106 Å². The first-order valence-electron chi connectivity index (χ1n) is 24.5. The van der Waals surface area contributed by atoms with Crippen LogP contribution in [0.25, 0.3) is 10.9 Å². The summed E-state index contributed by atoms with van der Waals surface area (Å²) < 4.78 is 12.4. The summed E-state index contributed by atoms with van der Waals surface area (Å²) in [5.41, 5.74) is 3.12. The maximum absolute atomic E-state index is 14.2. The lowest BCUT2D eigenvalue weighted by Gasteiger charge is -2.46. The van der Waals surface area contributed by atoms with Crippen molar-refractivity contribution in [3.8, 4) is 17.2 Å². The first-order valence-corrected chi connectivity index (χ1v) is 25.2. The number of hydrogen-bond donors (Lipinski definition) is 4. The number of H-pyrrole nitrogens is 1. The van der Waals surface area contributed by atoms with Crippen LogP contribution in [0.2, 0.25) is 10.0 Å². The minimum atomic E-state index is -0.924. The highest BCUT2D eigenvalue weighted by Crippen LogP contribution is 2.40. The Morgan fingerprint density at radius 1 is 0.803 bits per heavy atom. The quantitative estimate of drug-likeness (QED) is 0.0486. The SMILES string of the molecule is O=C(Cc1ccc(CC(=O)N(CCCNC[C@H](O)c2ccc(O)c3[nH]c(=O)ccc23)Cc2cccc(Oc3ccc(Cl)c(Cl)c3)c2)cc1)N1CCC(C(=O)O[C@H]2CN3CCC2CC3)(c2ccccc2)CC1. The van der Waals surface area contributed by atoms with Crippen LogP contribution in [0.1, 0.15) is 66.0 Å². The molecule has 71 heavy (non-hydrogen) atoms. The number of nitrogens with zero attached hydrogens (tertiary/aromatic N) is 3. The van der Waals surface area contributed by atoms with E-state index in [1.165, 1.54) is 12.1 Å². The van der Waals surface area contributed by atoms with Gasteiger partial charge in [-0.05, 0) is 122 Å². The smallest absolute Gasteiger partial charge is 0.317 e. The van der Waals surface area contributed by atoms with E-state index in [1.807, 2.05) is 83.8 Å². The van der Waals surface area contributed by atoms with Gasteiger partial charge in [-0.1, -0.05) is 96.0 Å². The fourth-order valence-electron chi connectivity index (χ4n) is 10.3. The molecule has 4 aliphatic rings. The number of ether oxygens (including phenoxy) is 2. The predicted octanol–water partition coefficient (Wildman–Crippen LogP) is 8.36. The van der Waals surface area contributed by atoms with Crippen molar-refractivity contribution in [2.45, 2.75) is 69.1 Å². The Bertz CT molecular complexity index is 2900. The van der Waals surface area contributed by atoms with Crippen LogP contribution >= 0.6 is 23.2 Å². The summed E-state index contributed by atoms with van der Waals surface area (Å²) in [6.45, 7) is 5.25. The molecule has 13 nitrogen and oxygen atoms in total. The molecule has 6 aromatic rings. The summed E-state index contributed by atoms with van der Waals surface area (Å²) in [7, 11) is 0. The summed E-state index contributed by atoms with van der Waals surface area (Å²) in [4.78, 5) is 62.7. The maximum Gasteiger partial charge on any atom is 0.317 e. The molecule has 0 saturated carbocycles. The number of likely N-dealkylation sites (tertiary alicyclic amines) is 1. The number of piperidine rings is 4. The minimum absolute atomic E-state index is 0.00770. The number of aromatic amines is 1. The van der Waals surface area contributed by atoms with Crippen molar-refractivity contribution in [1.29, 1.82) is 0 Å². The molecule has 4 fully saturated rings.